The first-order chi connectivity index (χ1) is 20.1. The zero-order valence-corrected chi connectivity index (χ0v) is 25.5. The van der Waals surface area contributed by atoms with Crippen LogP contribution in [0.2, 0.25) is 0 Å². The average molecular weight is 581 g/mol. The first kappa shape index (κ1) is 30.5. The second kappa shape index (κ2) is 13.1. The summed E-state index contributed by atoms with van der Waals surface area (Å²) >= 11 is 0. The number of amides is 3. The molecule has 3 N–H and O–H groups in total. The minimum absolute atomic E-state index is 0.000767. The Kier molecular flexibility index (Phi) is 9.52. The Morgan fingerprint density at radius 1 is 0.905 bits per heavy atom. The fraction of sp³-hybridized carbons (Fsp3) is 0.688. The fourth-order valence-electron chi connectivity index (χ4n) is 7.27. The Morgan fingerprint density at radius 2 is 1.57 bits per heavy atom. The van der Waals surface area contributed by atoms with Gasteiger partial charge in [0.15, 0.2) is 5.78 Å². The van der Waals surface area contributed by atoms with E-state index >= 15 is 0 Å². The average Bonchev–Trinajstić information content (AvgIpc) is 3.57. The molecule has 3 amide bonds. The van der Waals surface area contributed by atoms with Crippen LogP contribution in [-0.4, -0.2) is 109 Å². The highest BCUT2D eigenvalue weighted by molar-refractivity contribution is 6.01. The summed E-state index contributed by atoms with van der Waals surface area (Å²) in [5.74, 6) is -0.530. The predicted molar refractivity (Wildman–Crippen MR) is 162 cm³/mol. The number of hydrogen-bond donors (Lipinski definition) is 2. The third-order valence-electron chi connectivity index (χ3n) is 9.74. The van der Waals surface area contributed by atoms with Gasteiger partial charge in [0.05, 0.1) is 18.6 Å². The van der Waals surface area contributed by atoms with Gasteiger partial charge in [-0.25, -0.2) is 0 Å². The molecule has 0 aromatic heterocycles. The van der Waals surface area contributed by atoms with Crippen molar-refractivity contribution in [2.75, 3.05) is 51.2 Å². The minimum Gasteiger partial charge on any atom is -0.369 e. The maximum atomic E-state index is 13.9. The molecule has 1 aromatic rings. The number of benzene rings is 1. The smallest absolute Gasteiger partial charge is 0.251 e. The van der Waals surface area contributed by atoms with Gasteiger partial charge in [-0.1, -0.05) is 33.1 Å². The standard InChI is InChI=1S/C32H48N6O4/c1-21(2)19-25(34-30(40)23-9-11-24(12-10-23)36-17-15-35(3)16-18-36)31(41)37-14-13-26-29(37)27(39)20-38(26)32(42)28(33)22-7-5-4-6-8-22/h9-12,21-22,25-26,28-29H,4-8,13-20,33H2,1-3H3,(H,34,40). The molecule has 3 heterocycles. The number of carbonyl (C=O) groups is 4. The van der Waals surface area contributed by atoms with Gasteiger partial charge in [-0.2, -0.15) is 0 Å². The molecule has 42 heavy (non-hydrogen) atoms. The van der Waals surface area contributed by atoms with Gasteiger partial charge in [-0.05, 0) is 68.8 Å². The van der Waals surface area contributed by atoms with E-state index in [2.05, 4.69) is 22.2 Å². The van der Waals surface area contributed by atoms with Crippen molar-refractivity contribution in [3.05, 3.63) is 29.8 Å². The summed E-state index contributed by atoms with van der Waals surface area (Å²) in [4.78, 5) is 61.7. The Morgan fingerprint density at radius 3 is 2.21 bits per heavy atom. The Hall–Kier alpha value is -2.98. The molecule has 1 aromatic carbocycles. The summed E-state index contributed by atoms with van der Waals surface area (Å²) in [5.41, 5.74) is 8.01. The third kappa shape index (κ3) is 6.49. The van der Waals surface area contributed by atoms with Crippen molar-refractivity contribution in [2.24, 2.45) is 17.6 Å². The van der Waals surface area contributed by atoms with Gasteiger partial charge in [0.1, 0.15) is 12.1 Å². The molecule has 1 saturated carbocycles. The molecule has 3 saturated heterocycles. The molecule has 4 aliphatic rings. The molecule has 0 bridgehead atoms. The lowest BCUT2D eigenvalue weighted by atomic mass is 9.83. The largest absolute Gasteiger partial charge is 0.369 e. The Bertz CT molecular complexity index is 1140. The summed E-state index contributed by atoms with van der Waals surface area (Å²) in [6.07, 6.45) is 6.25. The molecule has 10 nitrogen and oxygen atoms in total. The number of carbonyl (C=O) groups excluding carboxylic acids is 4. The summed E-state index contributed by atoms with van der Waals surface area (Å²) in [6, 6.07) is 5.18. The SMILES string of the molecule is CC(C)CC(NC(=O)c1ccc(N2CCN(C)CC2)cc1)C(=O)N1CCC2C1C(=O)CN2C(=O)C(N)C1CCCCC1. The normalized spacial score (nSPS) is 25.1. The van der Waals surface area contributed by atoms with Crippen LogP contribution in [0.25, 0.3) is 0 Å². The molecular weight excluding hydrogens is 532 g/mol. The van der Waals surface area contributed by atoms with Crippen LogP contribution in [0.1, 0.15) is 69.2 Å². The maximum Gasteiger partial charge on any atom is 0.251 e. The second-order valence-electron chi connectivity index (χ2n) is 13.2. The minimum atomic E-state index is -0.754. The quantitative estimate of drug-likeness (QED) is 0.482. The van der Waals surface area contributed by atoms with E-state index in [4.69, 9.17) is 5.73 Å². The van der Waals surface area contributed by atoms with Crippen LogP contribution in [-0.2, 0) is 14.4 Å². The summed E-state index contributed by atoms with van der Waals surface area (Å²) in [7, 11) is 2.12. The van der Waals surface area contributed by atoms with Gasteiger partial charge >= 0.3 is 0 Å². The molecule has 10 heteroatoms. The van der Waals surface area contributed by atoms with Gasteiger partial charge in [-0.15, -0.1) is 0 Å². The molecule has 4 atom stereocenters. The topological polar surface area (TPSA) is 119 Å². The first-order valence-corrected chi connectivity index (χ1v) is 15.9. The maximum absolute atomic E-state index is 13.9. The van der Waals surface area contributed by atoms with Gasteiger partial charge in [0, 0.05) is 44.0 Å². The van der Waals surface area contributed by atoms with Gasteiger partial charge in [-0.3, -0.25) is 19.2 Å². The summed E-state index contributed by atoms with van der Waals surface area (Å²) in [6.45, 7) is 8.29. The highest BCUT2D eigenvalue weighted by Gasteiger charge is 2.53. The lowest BCUT2D eigenvalue weighted by Gasteiger charge is -2.34. The molecule has 3 aliphatic heterocycles. The molecule has 230 valence electrons. The highest BCUT2D eigenvalue weighted by Crippen LogP contribution is 2.33. The van der Waals surface area contributed by atoms with E-state index in [1.807, 2.05) is 38.1 Å². The monoisotopic (exact) mass is 580 g/mol. The van der Waals surface area contributed by atoms with Crippen molar-refractivity contribution in [1.82, 2.24) is 20.0 Å². The van der Waals surface area contributed by atoms with E-state index in [0.717, 1.165) is 57.5 Å². The number of rotatable bonds is 8. The third-order valence-corrected chi connectivity index (χ3v) is 9.74. The van der Waals surface area contributed by atoms with E-state index in [-0.39, 0.29) is 47.9 Å². The number of piperazine rings is 1. The number of anilines is 1. The highest BCUT2D eigenvalue weighted by atomic mass is 16.2. The Labute approximate surface area is 249 Å². The molecular formula is C32H48N6O4. The molecule has 0 spiro atoms. The predicted octanol–water partition coefficient (Wildman–Crippen LogP) is 1.87. The van der Waals surface area contributed by atoms with Gasteiger partial charge in [0.25, 0.3) is 5.91 Å². The van der Waals surface area contributed by atoms with Gasteiger partial charge < -0.3 is 30.7 Å². The fourth-order valence-corrected chi connectivity index (χ4v) is 7.27. The number of Topliss-reactive ketones (excluding diaryl/α,β-unsaturated/α-hetero) is 1. The van der Waals surface area contributed by atoms with Crippen molar-refractivity contribution >= 4 is 29.2 Å². The van der Waals surface area contributed by atoms with E-state index in [1.165, 1.54) is 6.42 Å². The van der Waals surface area contributed by atoms with Crippen molar-refractivity contribution in [3.63, 3.8) is 0 Å². The molecule has 4 unspecified atom stereocenters. The van der Waals surface area contributed by atoms with Crippen LogP contribution >= 0.6 is 0 Å². The van der Waals surface area contributed by atoms with Crippen LogP contribution in [0.4, 0.5) is 5.69 Å². The van der Waals surface area contributed by atoms with Crippen molar-refractivity contribution < 1.29 is 19.2 Å². The number of likely N-dealkylation sites (tertiary alicyclic amines) is 2. The first-order valence-electron chi connectivity index (χ1n) is 15.9. The van der Waals surface area contributed by atoms with Crippen molar-refractivity contribution in [1.29, 1.82) is 0 Å². The van der Waals surface area contributed by atoms with Crippen molar-refractivity contribution in [2.45, 2.75) is 83.0 Å². The van der Waals surface area contributed by atoms with E-state index in [9.17, 15) is 19.2 Å². The van der Waals surface area contributed by atoms with Crippen molar-refractivity contribution in [3.8, 4) is 0 Å². The molecule has 4 fully saturated rings. The zero-order chi connectivity index (χ0) is 30.0. The second-order valence-corrected chi connectivity index (χ2v) is 13.2. The molecule has 0 radical (unpaired) electrons. The number of nitrogens with zero attached hydrogens (tertiary/aromatic N) is 4. The summed E-state index contributed by atoms with van der Waals surface area (Å²) < 4.78 is 0. The number of nitrogens with two attached hydrogens (primary N) is 1. The lowest BCUT2D eigenvalue weighted by molar-refractivity contribution is -0.138. The number of fused-ring (bicyclic) bond motifs is 1. The van der Waals surface area contributed by atoms with Crippen LogP contribution in [0, 0.1) is 11.8 Å². The van der Waals surface area contributed by atoms with Crippen LogP contribution < -0.4 is 16.0 Å². The molecule has 1 aliphatic carbocycles. The number of likely N-dealkylation sites (N-methyl/N-ethyl adjacent to an activating group) is 1. The molecule has 5 rings (SSSR count). The summed E-state index contributed by atoms with van der Waals surface area (Å²) in [5, 5.41) is 2.97. The van der Waals surface area contributed by atoms with Crippen LogP contribution in [0.5, 0.6) is 0 Å². The number of nitrogens with one attached hydrogen (secondary N) is 1. The van der Waals surface area contributed by atoms with Crippen LogP contribution in [0.3, 0.4) is 0 Å². The van der Waals surface area contributed by atoms with E-state index in [1.54, 1.807) is 9.80 Å². The zero-order valence-electron chi connectivity index (χ0n) is 25.5. The van der Waals surface area contributed by atoms with Crippen LogP contribution in [0.15, 0.2) is 24.3 Å². The number of hydrogen-bond acceptors (Lipinski definition) is 7. The lowest BCUT2D eigenvalue weighted by Crippen LogP contribution is -2.53. The Balaban J connectivity index is 1.24. The number of ketones is 1. The van der Waals surface area contributed by atoms with E-state index in [0.29, 0.717) is 24.9 Å². The van der Waals surface area contributed by atoms with Gasteiger partial charge in [0.2, 0.25) is 11.8 Å². The van der Waals surface area contributed by atoms with E-state index < -0.39 is 18.1 Å².